The molecule has 0 spiro atoms. The molecule has 158 valence electrons. The van der Waals surface area contributed by atoms with Crippen LogP contribution in [0.4, 0.5) is 20.3 Å². The van der Waals surface area contributed by atoms with Gasteiger partial charge in [0.2, 0.25) is 10.0 Å². The van der Waals surface area contributed by atoms with Gasteiger partial charge in [0, 0.05) is 12.6 Å². The Labute approximate surface area is 172 Å². The molecule has 3 rings (SSSR count). The van der Waals surface area contributed by atoms with Gasteiger partial charge in [0.05, 0.1) is 28.8 Å². The highest BCUT2D eigenvalue weighted by Gasteiger charge is 2.23. The van der Waals surface area contributed by atoms with Crippen LogP contribution in [0.2, 0.25) is 0 Å². The highest BCUT2D eigenvalue weighted by atomic mass is 32.2. The summed E-state index contributed by atoms with van der Waals surface area (Å²) in [7, 11) is -3.81. The highest BCUT2D eigenvalue weighted by molar-refractivity contribution is 7.92. The Morgan fingerprint density at radius 2 is 2.03 bits per heavy atom. The van der Waals surface area contributed by atoms with Crippen LogP contribution in [0.1, 0.15) is 29.3 Å². The molecule has 0 aliphatic carbocycles. The smallest absolute Gasteiger partial charge is 0.232 e. The molecule has 0 aliphatic rings. The summed E-state index contributed by atoms with van der Waals surface area (Å²) >= 11 is 0. The second kappa shape index (κ2) is 8.62. The van der Waals surface area contributed by atoms with E-state index >= 15 is 0 Å². The number of carbonyl (C=O) groups is 1. The van der Waals surface area contributed by atoms with Gasteiger partial charge in [0.1, 0.15) is 17.4 Å². The van der Waals surface area contributed by atoms with E-state index in [-0.39, 0.29) is 18.0 Å². The van der Waals surface area contributed by atoms with Crippen molar-refractivity contribution < 1.29 is 26.4 Å². The number of Topliss-reactive ketones (excluding diaryl/α,β-unsaturated/α-hetero) is 1. The van der Waals surface area contributed by atoms with E-state index < -0.39 is 38.7 Å². The maximum absolute atomic E-state index is 14.8. The molecule has 2 heterocycles. The maximum atomic E-state index is 14.8. The second-order valence-electron chi connectivity index (χ2n) is 6.56. The monoisotopic (exact) mass is 435 g/mol. The van der Waals surface area contributed by atoms with Gasteiger partial charge in [-0.05, 0) is 42.3 Å². The van der Waals surface area contributed by atoms with Crippen LogP contribution in [-0.4, -0.2) is 24.9 Å². The molecule has 0 saturated carbocycles. The molecule has 0 aliphatic heterocycles. The molecule has 0 atom stereocenters. The molecule has 0 unspecified atom stereocenters. The number of sulfonamides is 1. The Bertz CT molecular complexity index is 1180. The van der Waals surface area contributed by atoms with E-state index in [4.69, 9.17) is 10.2 Å². The van der Waals surface area contributed by atoms with Gasteiger partial charge >= 0.3 is 0 Å². The first kappa shape index (κ1) is 21.4. The van der Waals surface area contributed by atoms with Gasteiger partial charge in [0.15, 0.2) is 11.6 Å². The fourth-order valence-electron chi connectivity index (χ4n) is 2.89. The minimum absolute atomic E-state index is 0.172. The normalized spacial score (nSPS) is 11.4. The third kappa shape index (κ3) is 4.65. The number of ketones is 1. The summed E-state index contributed by atoms with van der Waals surface area (Å²) in [5.41, 5.74) is 5.31. The molecule has 0 bridgehead atoms. The number of carbonyl (C=O) groups excluding carboxylic acids is 1. The van der Waals surface area contributed by atoms with Gasteiger partial charge in [-0.3, -0.25) is 9.52 Å². The SMILES string of the molecule is CCCS(=O)(=O)Nc1ccc(F)c(C(=O)Cc2cnc(N)c(-c3ccco3)c2)c1F. The van der Waals surface area contributed by atoms with Crippen molar-refractivity contribution in [2.45, 2.75) is 19.8 Å². The van der Waals surface area contributed by atoms with Crippen molar-refractivity contribution >= 4 is 27.3 Å². The molecule has 0 fully saturated rings. The zero-order valence-electron chi connectivity index (χ0n) is 16.0. The summed E-state index contributed by atoms with van der Waals surface area (Å²) in [6, 6.07) is 6.64. The standard InChI is InChI=1S/C20H19F2N3O4S/c1-2-8-30(27,28)25-15-6-5-14(21)18(19(15)22)16(26)10-12-9-13(20(23)24-11-12)17-4-3-7-29-17/h3-7,9,11,25H,2,8,10H2,1H3,(H2,23,24). The van der Waals surface area contributed by atoms with Crippen molar-refractivity contribution in [1.29, 1.82) is 0 Å². The van der Waals surface area contributed by atoms with E-state index in [2.05, 4.69) is 4.98 Å². The Kier molecular flexibility index (Phi) is 6.16. The van der Waals surface area contributed by atoms with Crippen LogP contribution < -0.4 is 10.5 Å². The number of nitrogens with zero attached hydrogens (tertiary/aromatic N) is 1. The number of nitrogen functional groups attached to an aromatic ring is 1. The number of rotatable bonds is 8. The minimum atomic E-state index is -3.81. The van der Waals surface area contributed by atoms with E-state index in [1.54, 1.807) is 25.1 Å². The van der Waals surface area contributed by atoms with Crippen molar-refractivity contribution in [3.8, 4) is 11.3 Å². The number of aromatic nitrogens is 1. The fraction of sp³-hybridized carbons (Fsp3) is 0.200. The maximum Gasteiger partial charge on any atom is 0.232 e. The zero-order chi connectivity index (χ0) is 21.9. The average molecular weight is 435 g/mol. The summed E-state index contributed by atoms with van der Waals surface area (Å²) in [6.07, 6.45) is 2.71. The first-order valence-electron chi connectivity index (χ1n) is 9.01. The van der Waals surface area contributed by atoms with E-state index in [0.29, 0.717) is 23.3 Å². The number of nitrogens with one attached hydrogen (secondary N) is 1. The highest BCUT2D eigenvalue weighted by Crippen LogP contribution is 2.27. The van der Waals surface area contributed by atoms with Gasteiger partial charge in [0.25, 0.3) is 0 Å². The summed E-state index contributed by atoms with van der Waals surface area (Å²) in [6.45, 7) is 1.65. The van der Waals surface area contributed by atoms with Crippen LogP contribution in [-0.2, 0) is 16.4 Å². The van der Waals surface area contributed by atoms with E-state index in [1.807, 2.05) is 4.72 Å². The van der Waals surface area contributed by atoms with Crippen molar-refractivity contribution in [2.24, 2.45) is 0 Å². The van der Waals surface area contributed by atoms with Crippen LogP contribution in [0.25, 0.3) is 11.3 Å². The lowest BCUT2D eigenvalue weighted by Crippen LogP contribution is -2.19. The summed E-state index contributed by atoms with van der Waals surface area (Å²) in [5.74, 6) is -2.87. The van der Waals surface area contributed by atoms with Crippen LogP contribution >= 0.6 is 0 Å². The first-order chi connectivity index (χ1) is 14.2. The van der Waals surface area contributed by atoms with Gasteiger partial charge in [-0.2, -0.15) is 0 Å². The second-order valence-corrected chi connectivity index (χ2v) is 8.40. The van der Waals surface area contributed by atoms with Crippen LogP contribution in [0.5, 0.6) is 0 Å². The van der Waals surface area contributed by atoms with Gasteiger partial charge in [-0.15, -0.1) is 0 Å². The molecule has 3 aromatic rings. The Morgan fingerprint density at radius 1 is 1.27 bits per heavy atom. The molecular weight excluding hydrogens is 416 g/mol. The number of halogens is 2. The number of pyridine rings is 1. The number of furan rings is 1. The largest absolute Gasteiger partial charge is 0.464 e. The Morgan fingerprint density at radius 3 is 2.70 bits per heavy atom. The topological polar surface area (TPSA) is 115 Å². The van der Waals surface area contributed by atoms with Gasteiger partial charge in [-0.25, -0.2) is 22.2 Å². The predicted octanol–water partition coefficient (Wildman–Crippen LogP) is 3.78. The minimum Gasteiger partial charge on any atom is -0.464 e. The third-order valence-electron chi connectivity index (χ3n) is 4.23. The van der Waals surface area contributed by atoms with Gasteiger partial charge in [-0.1, -0.05) is 6.92 Å². The third-order valence-corrected chi connectivity index (χ3v) is 5.71. The average Bonchev–Trinajstić information content (AvgIpc) is 3.20. The molecule has 30 heavy (non-hydrogen) atoms. The summed E-state index contributed by atoms with van der Waals surface area (Å²) in [5, 5.41) is 0. The van der Waals surface area contributed by atoms with E-state index in [1.165, 1.54) is 12.5 Å². The van der Waals surface area contributed by atoms with Crippen LogP contribution in [0.3, 0.4) is 0 Å². The quantitative estimate of drug-likeness (QED) is 0.521. The molecule has 3 N–H and O–H groups in total. The lowest BCUT2D eigenvalue weighted by molar-refractivity contribution is 0.0985. The van der Waals surface area contributed by atoms with Crippen LogP contribution in [0, 0.1) is 11.6 Å². The number of anilines is 2. The number of hydrogen-bond donors (Lipinski definition) is 2. The Balaban J connectivity index is 1.91. The zero-order valence-corrected chi connectivity index (χ0v) is 16.8. The lowest BCUT2D eigenvalue weighted by Gasteiger charge is -2.12. The molecular formula is C20H19F2N3O4S. The fourth-order valence-corrected chi connectivity index (χ4v) is 4.02. The first-order valence-corrected chi connectivity index (χ1v) is 10.7. The molecule has 0 radical (unpaired) electrons. The molecule has 2 aromatic heterocycles. The van der Waals surface area contributed by atoms with Crippen molar-refractivity contribution in [3.05, 3.63) is 65.6 Å². The molecule has 7 nitrogen and oxygen atoms in total. The van der Waals surface area contributed by atoms with Crippen LogP contribution in [0.15, 0.2) is 47.2 Å². The van der Waals surface area contributed by atoms with Crippen molar-refractivity contribution in [2.75, 3.05) is 16.2 Å². The van der Waals surface area contributed by atoms with Crippen molar-refractivity contribution in [1.82, 2.24) is 4.98 Å². The number of nitrogens with two attached hydrogens (primary N) is 1. The predicted molar refractivity (Wildman–Crippen MR) is 108 cm³/mol. The molecule has 0 saturated heterocycles. The van der Waals surface area contributed by atoms with E-state index in [0.717, 1.165) is 12.1 Å². The number of benzene rings is 1. The van der Waals surface area contributed by atoms with Gasteiger partial charge < -0.3 is 10.2 Å². The summed E-state index contributed by atoms with van der Waals surface area (Å²) < 4.78 is 60.2. The number of hydrogen-bond acceptors (Lipinski definition) is 6. The van der Waals surface area contributed by atoms with Crippen molar-refractivity contribution in [3.63, 3.8) is 0 Å². The molecule has 0 amide bonds. The molecule has 10 heteroatoms. The molecule has 1 aromatic carbocycles. The van der Waals surface area contributed by atoms with E-state index in [9.17, 15) is 22.0 Å². The summed E-state index contributed by atoms with van der Waals surface area (Å²) in [4.78, 5) is 16.6. The lowest BCUT2D eigenvalue weighted by atomic mass is 10.0. The Hall–Kier alpha value is -3.27.